The van der Waals surface area contributed by atoms with Crippen molar-refractivity contribution in [2.24, 2.45) is 22.9 Å². The number of hydrogen-bond acceptors (Lipinski definition) is 11. The minimum absolute atomic E-state index is 0.00795. The van der Waals surface area contributed by atoms with Crippen LogP contribution in [0, 0.1) is 17.8 Å². The Kier molecular flexibility index (Phi) is 9.33. The van der Waals surface area contributed by atoms with Gasteiger partial charge in [0.1, 0.15) is 30.3 Å². The van der Waals surface area contributed by atoms with Gasteiger partial charge in [0, 0.05) is 31.1 Å². The van der Waals surface area contributed by atoms with Gasteiger partial charge in [-0.2, -0.15) is 0 Å². The Morgan fingerprint density at radius 1 is 1.16 bits per heavy atom. The summed E-state index contributed by atoms with van der Waals surface area (Å²) in [6.07, 6.45) is 8.06. The van der Waals surface area contributed by atoms with Gasteiger partial charge < -0.3 is 34.7 Å². The first-order chi connectivity index (χ1) is 21.0. The molecule has 2 aliphatic carbocycles. The number of allylic oxidation sites excluding steroid dienone is 1. The number of carbonyl (C=O) groups excluding carboxylic acids is 1. The molecule has 1 aliphatic heterocycles. The molecule has 0 bridgehead atoms. The molecule has 5 rings (SSSR count). The Morgan fingerprint density at radius 3 is 2.57 bits per heavy atom. The van der Waals surface area contributed by atoms with Gasteiger partial charge in [0.15, 0.2) is 5.69 Å². The number of aliphatic hydroxyl groups is 3. The van der Waals surface area contributed by atoms with Crippen LogP contribution in [0.25, 0.3) is 0 Å². The quantitative estimate of drug-likeness (QED) is 0.166. The lowest BCUT2D eigenvalue weighted by atomic mass is 9.55. The number of nitrogens with zero attached hydrogens (tertiary/aromatic N) is 4. The maximum Gasteiger partial charge on any atom is 0.358 e. The first-order valence-corrected chi connectivity index (χ1v) is 15.4. The highest BCUT2D eigenvalue weighted by Gasteiger charge is 2.63. The molecule has 12 nitrogen and oxygen atoms in total. The molecule has 4 N–H and O–H groups in total. The van der Waals surface area contributed by atoms with Gasteiger partial charge >= 0.3 is 5.97 Å². The molecule has 12 heteroatoms. The summed E-state index contributed by atoms with van der Waals surface area (Å²) in [6.45, 7) is 5.49. The van der Waals surface area contributed by atoms with Crippen LogP contribution in [0.3, 0.4) is 0 Å². The van der Waals surface area contributed by atoms with E-state index in [0.29, 0.717) is 24.3 Å². The van der Waals surface area contributed by atoms with Crippen molar-refractivity contribution in [3.63, 3.8) is 0 Å². The van der Waals surface area contributed by atoms with E-state index in [0.717, 1.165) is 36.8 Å². The highest BCUT2D eigenvalue weighted by atomic mass is 16.6. The van der Waals surface area contributed by atoms with Gasteiger partial charge in [0.2, 0.25) is 5.79 Å². The second-order valence-electron chi connectivity index (χ2n) is 13.0. The van der Waals surface area contributed by atoms with Crippen LogP contribution in [0.2, 0.25) is 0 Å². The Bertz CT molecular complexity index is 1400. The first-order valence-electron chi connectivity index (χ1n) is 15.4. The van der Waals surface area contributed by atoms with Crippen molar-refractivity contribution in [1.82, 2.24) is 15.0 Å². The molecule has 0 amide bonds. The third-order valence-corrected chi connectivity index (χ3v) is 8.94. The highest BCUT2D eigenvalue weighted by Crippen LogP contribution is 2.62. The first kappa shape index (κ1) is 31.9. The van der Waals surface area contributed by atoms with Gasteiger partial charge in [0.05, 0.1) is 17.8 Å². The van der Waals surface area contributed by atoms with Crippen molar-refractivity contribution < 1.29 is 39.5 Å². The number of benzene rings is 1. The average molecular weight is 613 g/mol. The van der Waals surface area contributed by atoms with E-state index in [4.69, 9.17) is 14.3 Å². The van der Waals surface area contributed by atoms with Crippen molar-refractivity contribution in [1.29, 1.82) is 0 Å². The molecule has 0 spiro atoms. The summed E-state index contributed by atoms with van der Waals surface area (Å²) in [7, 11) is 1.46. The van der Waals surface area contributed by atoms with E-state index in [1.807, 2.05) is 0 Å². The SMILES string of the molecule is CON=C1CC(n2nncc2C(=O)OC(C)(C)C)C2(O)Oc3ccc(O)cc3C3C(CCCCO)C(CCCCO)C=C1C32. The topological polar surface area (TPSA) is 169 Å². The normalized spacial score (nSPS) is 28.5. The summed E-state index contributed by atoms with van der Waals surface area (Å²) >= 11 is 0. The van der Waals surface area contributed by atoms with Crippen LogP contribution in [0.4, 0.5) is 0 Å². The third kappa shape index (κ3) is 6.07. The van der Waals surface area contributed by atoms with Crippen LogP contribution in [0.1, 0.15) is 93.7 Å². The van der Waals surface area contributed by atoms with Crippen LogP contribution < -0.4 is 4.74 Å². The summed E-state index contributed by atoms with van der Waals surface area (Å²) < 4.78 is 13.5. The fraction of sp³-hybridized carbons (Fsp3) is 0.625. The summed E-state index contributed by atoms with van der Waals surface area (Å²) in [6, 6.07) is 3.95. The third-order valence-electron chi connectivity index (χ3n) is 8.94. The molecule has 240 valence electrons. The van der Waals surface area contributed by atoms with Gasteiger partial charge in [0.25, 0.3) is 0 Å². The number of phenolic OH excluding ortho intramolecular Hbond substituents is 1. The molecule has 44 heavy (non-hydrogen) atoms. The van der Waals surface area contributed by atoms with Gasteiger partial charge in [-0.1, -0.05) is 29.3 Å². The molecule has 1 aromatic carbocycles. The largest absolute Gasteiger partial charge is 0.508 e. The summed E-state index contributed by atoms with van der Waals surface area (Å²) in [5.74, 6) is -2.90. The number of oxime groups is 1. The zero-order chi connectivity index (χ0) is 31.6. The molecule has 1 aromatic heterocycles. The number of fused-ring (bicyclic) bond motifs is 2. The molecule has 1 fully saturated rings. The van der Waals surface area contributed by atoms with Crippen molar-refractivity contribution in [2.45, 2.75) is 89.1 Å². The second kappa shape index (κ2) is 12.9. The summed E-state index contributed by atoms with van der Waals surface area (Å²) in [4.78, 5) is 18.6. The molecule has 0 radical (unpaired) electrons. The van der Waals surface area contributed by atoms with E-state index in [9.17, 15) is 25.2 Å². The fourth-order valence-corrected chi connectivity index (χ4v) is 7.27. The standard InChI is InChI=1S/C32H44N4O8/c1-31(2,3)44-30(40)25-18-33-35-36(25)27-17-24(34-42-4)22-15-19(9-5-7-13-37)21(10-6-8-14-38)28-23-16-20(39)11-12-26(23)43-32(27,41)29(22)28/h11-12,15-16,18-19,21,27-29,37-39,41H,5-10,13-14,17H2,1-4H3. The molecular weight excluding hydrogens is 568 g/mol. The van der Waals surface area contributed by atoms with Crippen LogP contribution in [-0.4, -0.2) is 78.8 Å². The molecule has 6 atom stereocenters. The number of phenols is 1. The predicted molar refractivity (Wildman–Crippen MR) is 160 cm³/mol. The summed E-state index contributed by atoms with van der Waals surface area (Å²) in [5, 5.41) is 55.2. The van der Waals surface area contributed by atoms with E-state index in [1.54, 1.807) is 32.9 Å². The molecule has 3 aliphatic rings. The highest BCUT2D eigenvalue weighted by molar-refractivity contribution is 6.02. The number of aromatic nitrogens is 3. The summed E-state index contributed by atoms with van der Waals surface area (Å²) in [5.41, 5.74) is 1.45. The van der Waals surface area contributed by atoms with E-state index >= 15 is 0 Å². The van der Waals surface area contributed by atoms with Gasteiger partial charge in [-0.15, -0.1) is 5.10 Å². The number of esters is 1. The zero-order valence-electron chi connectivity index (χ0n) is 25.8. The lowest BCUT2D eigenvalue weighted by Gasteiger charge is -2.56. The van der Waals surface area contributed by atoms with Crippen LogP contribution in [0.5, 0.6) is 11.5 Å². The van der Waals surface area contributed by atoms with E-state index < -0.39 is 29.3 Å². The van der Waals surface area contributed by atoms with Gasteiger partial charge in [-0.05, 0) is 82.1 Å². The predicted octanol–water partition coefficient (Wildman–Crippen LogP) is 3.86. The lowest BCUT2D eigenvalue weighted by molar-refractivity contribution is -0.225. The number of unbranched alkanes of at least 4 members (excludes halogenated alkanes) is 2. The van der Waals surface area contributed by atoms with Crippen molar-refractivity contribution >= 4 is 11.7 Å². The van der Waals surface area contributed by atoms with Crippen molar-refractivity contribution in [3.8, 4) is 11.5 Å². The number of ether oxygens (including phenoxy) is 2. The average Bonchev–Trinajstić information content (AvgIpc) is 3.45. The van der Waals surface area contributed by atoms with Crippen LogP contribution >= 0.6 is 0 Å². The number of carbonyl (C=O) groups is 1. The van der Waals surface area contributed by atoms with E-state index in [2.05, 4.69) is 21.5 Å². The number of hydrogen-bond donors (Lipinski definition) is 4. The minimum Gasteiger partial charge on any atom is -0.508 e. The maximum atomic E-state index is 13.3. The smallest absolute Gasteiger partial charge is 0.358 e. The molecular formula is C32H44N4O8. The Hall–Kier alpha value is -3.48. The van der Waals surface area contributed by atoms with Crippen molar-refractivity contribution in [2.75, 3.05) is 20.3 Å². The van der Waals surface area contributed by atoms with Crippen LogP contribution in [-0.2, 0) is 9.57 Å². The number of aromatic hydroxyl groups is 1. The molecule has 1 saturated carbocycles. The maximum absolute atomic E-state index is 13.3. The molecule has 6 unspecified atom stereocenters. The Morgan fingerprint density at radius 2 is 1.89 bits per heavy atom. The lowest BCUT2D eigenvalue weighted by Crippen LogP contribution is -2.62. The Labute approximate surface area is 257 Å². The van der Waals surface area contributed by atoms with Gasteiger partial charge in [-0.25, -0.2) is 9.48 Å². The molecule has 2 heterocycles. The van der Waals surface area contributed by atoms with Gasteiger partial charge in [-0.3, -0.25) is 0 Å². The minimum atomic E-state index is -1.89. The number of rotatable bonds is 11. The van der Waals surface area contributed by atoms with E-state index in [1.165, 1.54) is 24.1 Å². The van der Waals surface area contributed by atoms with Crippen molar-refractivity contribution in [3.05, 3.63) is 47.3 Å². The monoisotopic (exact) mass is 612 g/mol. The second-order valence-corrected chi connectivity index (χ2v) is 13.0. The fourth-order valence-electron chi connectivity index (χ4n) is 7.27. The number of aliphatic hydroxyl groups excluding tert-OH is 2. The van der Waals surface area contributed by atoms with E-state index in [-0.39, 0.29) is 48.8 Å². The zero-order valence-corrected chi connectivity index (χ0v) is 25.8. The van der Waals surface area contributed by atoms with Crippen LogP contribution in [0.15, 0.2) is 41.2 Å². The molecule has 0 saturated heterocycles. The molecule has 2 aromatic rings. The Balaban J connectivity index is 1.69.